The quantitative estimate of drug-likeness (QED) is 0.438. The zero-order valence-electron chi connectivity index (χ0n) is 6.30. The molecule has 0 amide bonds. The Hall–Kier alpha value is 0.320. The van der Waals surface area contributed by atoms with Gasteiger partial charge in [-0.15, -0.1) is 0 Å². The van der Waals surface area contributed by atoms with Crippen LogP contribution in [0, 0.1) is 6.92 Å². The number of hydrogen-bond acceptors (Lipinski definition) is 2. The predicted molar refractivity (Wildman–Crippen MR) is 45.6 cm³/mol. The molecule has 0 spiro atoms. The molecule has 0 atom stereocenters. The van der Waals surface area contributed by atoms with Gasteiger partial charge in [-0.05, 0) is 11.4 Å². The van der Waals surface area contributed by atoms with Gasteiger partial charge in [-0.25, -0.2) is 0 Å². The molecule has 0 aliphatic rings. The summed E-state index contributed by atoms with van der Waals surface area (Å²) in [5.41, 5.74) is 0. The van der Waals surface area contributed by atoms with Crippen LogP contribution in [0.5, 0.6) is 0 Å². The maximum Gasteiger partial charge on any atom is 0.279 e. The van der Waals surface area contributed by atoms with Gasteiger partial charge >= 0.3 is 0 Å². The van der Waals surface area contributed by atoms with Crippen LogP contribution in [0.4, 0.5) is 0 Å². The molecule has 0 fully saturated rings. The number of fused-ring (bicyclic) bond motifs is 1. The lowest BCUT2D eigenvalue weighted by molar-refractivity contribution is -0.644. The topological polar surface area (TPSA) is 3.88 Å². The van der Waals surface area contributed by atoms with Crippen LogP contribution in [0.15, 0.2) is 11.4 Å². The molecule has 0 bridgehead atoms. The Balaban J connectivity index is 0.000000605. The van der Waals surface area contributed by atoms with E-state index in [0.29, 0.717) is 0 Å². The maximum atomic E-state index is 2.24. The van der Waals surface area contributed by atoms with E-state index < -0.39 is 0 Å². The number of hydrogen-bond donors (Lipinski definition) is 0. The number of halogens is 1. The molecule has 60 valence electrons. The number of aromatic nitrogens is 1. The summed E-state index contributed by atoms with van der Waals surface area (Å²) in [5, 5.41) is 3.52. The molecular formula is C7H8INS2. The van der Waals surface area contributed by atoms with Crippen LogP contribution in [-0.2, 0) is 7.05 Å². The Kier molecular flexibility index (Phi) is 2.88. The lowest BCUT2D eigenvalue weighted by atomic mass is 10.6. The number of rotatable bonds is 0. The Morgan fingerprint density at radius 3 is 2.82 bits per heavy atom. The molecule has 0 saturated carbocycles. The third kappa shape index (κ3) is 1.43. The van der Waals surface area contributed by atoms with E-state index in [4.69, 9.17) is 0 Å². The van der Waals surface area contributed by atoms with E-state index in [9.17, 15) is 0 Å². The van der Waals surface area contributed by atoms with Crippen LogP contribution in [0.25, 0.3) is 9.53 Å². The molecule has 2 aromatic heterocycles. The number of thiazole rings is 1. The van der Waals surface area contributed by atoms with Crippen LogP contribution < -0.4 is 28.5 Å². The van der Waals surface area contributed by atoms with Crippen molar-refractivity contribution >= 4 is 32.2 Å². The maximum absolute atomic E-state index is 2.24. The average molecular weight is 297 g/mol. The number of nitrogens with zero attached hydrogens (tertiary/aromatic N) is 1. The van der Waals surface area contributed by atoms with Crippen LogP contribution in [-0.4, -0.2) is 0 Å². The molecular weight excluding hydrogens is 289 g/mol. The van der Waals surface area contributed by atoms with Crippen LogP contribution in [0.1, 0.15) is 5.01 Å². The van der Waals surface area contributed by atoms with Gasteiger partial charge < -0.3 is 24.0 Å². The van der Waals surface area contributed by atoms with E-state index in [0.717, 1.165) is 0 Å². The van der Waals surface area contributed by atoms with Crippen LogP contribution >= 0.6 is 22.7 Å². The molecule has 0 saturated heterocycles. The first-order valence-electron chi connectivity index (χ1n) is 3.11. The highest BCUT2D eigenvalue weighted by atomic mass is 127. The summed E-state index contributed by atoms with van der Waals surface area (Å²) in [7, 11) is 2.12. The van der Waals surface area contributed by atoms with Gasteiger partial charge in [-0.3, -0.25) is 0 Å². The smallest absolute Gasteiger partial charge is 0.279 e. The fourth-order valence-electron chi connectivity index (χ4n) is 0.982. The highest BCUT2D eigenvalue weighted by Gasteiger charge is 2.12. The first-order valence-corrected chi connectivity index (χ1v) is 4.81. The third-order valence-corrected chi connectivity index (χ3v) is 3.88. The zero-order valence-corrected chi connectivity index (χ0v) is 10.1. The second kappa shape index (κ2) is 3.37. The molecule has 0 unspecified atom stereocenters. The summed E-state index contributed by atoms with van der Waals surface area (Å²) in [5.74, 6) is 0. The second-order valence-corrected chi connectivity index (χ2v) is 4.40. The molecule has 2 aromatic rings. The first-order chi connectivity index (χ1) is 4.79. The van der Waals surface area contributed by atoms with E-state index in [1.807, 2.05) is 22.7 Å². The van der Waals surface area contributed by atoms with Gasteiger partial charge in [0, 0.05) is 6.92 Å². The van der Waals surface area contributed by atoms with E-state index in [1.165, 1.54) is 14.5 Å². The van der Waals surface area contributed by atoms with Crippen molar-refractivity contribution in [2.24, 2.45) is 7.05 Å². The Labute approximate surface area is 90.7 Å². The van der Waals surface area contributed by atoms with Gasteiger partial charge in [0.1, 0.15) is 11.7 Å². The SMILES string of the molecule is Cc1sc2ccsc2[n+]1C.[I-]. The molecule has 0 aliphatic carbocycles. The summed E-state index contributed by atoms with van der Waals surface area (Å²) >= 11 is 3.67. The Morgan fingerprint density at radius 2 is 2.18 bits per heavy atom. The number of thiophene rings is 1. The number of aryl methyl sites for hydroxylation is 2. The monoisotopic (exact) mass is 297 g/mol. The van der Waals surface area contributed by atoms with E-state index >= 15 is 0 Å². The second-order valence-electron chi connectivity index (χ2n) is 2.27. The van der Waals surface area contributed by atoms with Gasteiger partial charge in [-0.2, -0.15) is 4.57 Å². The van der Waals surface area contributed by atoms with Crippen molar-refractivity contribution in [1.29, 1.82) is 0 Å². The summed E-state index contributed by atoms with van der Waals surface area (Å²) in [6, 6.07) is 2.18. The molecule has 0 aliphatic heterocycles. The van der Waals surface area contributed by atoms with Crippen molar-refractivity contribution in [2.45, 2.75) is 6.92 Å². The summed E-state index contributed by atoms with van der Waals surface area (Å²) in [6.45, 7) is 2.15. The van der Waals surface area contributed by atoms with Gasteiger partial charge in [0.05, 0.1) is 0 Å². The van der Waals surface area contributed by atoms with Gasteiger partial charge in [0.15, 0.2) is 0 Å². The summed E-state index contributed by atoms with van der Waals surface area (Å²) in [6.07, 6.45) is 0. The minimum absolute atomic E-state index is 0. The Bertz CT molecular complexity index is 363. The Morgan fingerprint density at radius 1 is 1.45 bits per heavy atom. The molecule has 11 heavy (non-hydrogen) atoms. The van der Waals surface area contributed by atoms with Crippen molar-refractivity contribution in [1.82, 2.24) is 0 Å². The van der Waals surface area contributed by atoms with Crippen molar-refractivity contribution in [3.05, 3.63) is 16.5 Å². The van der Waals surface area contributed by atoms with Gasteiger partial charge in [0.2, 0.25) is 5.01 Å². The van der Waals surface area contributed by atoms with Crippen molar-refractivity contribution in [2.75, 3.05) is 0 Å². The molecule has 2 heterocycles. The van der Waals surface area contributed by atoms with Crippen LogP contribution in [0.3, 0.4) is 0 Å². The van der Waals surface area contributed by atoms with E-state index in [1.54, 1.807) is 0 Å². The lowest BCUT2D eigenvalue weighted by Crippen LogP contribution is -3.00. The van der Waals surface area contributed by atoms with Crippen molar-refractivity contribution in [3.8, 4) is 0 Å². The van der Waals surface area contributed by atoms with Crippen LogP contribution in [0.2, 0.25) is 0 Å². The molecule has 0 radical (unpaired) electrons. The normalized spacial score (nSPS) is 10.0. The van der Waals surface area contributed by atoms with Gasteiger partial charge in [-0.1, -0.05) is 22.7 Å². The highest BCUT2D eigenvalue weighted by Crippen LogP contribution is 2.23. The fourth-order valence-corrected chi connectivity index (χ4v) is 3.11. The summed E-state index contributed by atoms with van der Waals surface area (Å²) in [4.78, 5) is 1.39. The molecule has 2 rings (SSSR count). The van der Waals surface area contributed by atoms with E-state index in [-0.39, 0.29) is 24.0 Å². The minimum atomic E-state index is 0. The largest absolute Gasteiger partial charge is 1.00 e. The molecule has 1 nitrogen and oxygen atoms in total. The lowest BCUT2D eigenvalue weighted by Gasteiger charge is -1.77. The standard InChI is InChI=1S/C7H8NS2.HI/c1-5-8(2)7-6(10-5)3-4-9-7;/h3-4H,1-2H3;1H/q+1;/p-1. The van der Waals surface area contributed by atoms with Crippen molar-refractivity contribution in [3.63, 3.8) is 0 Å². The minimum Gasteiger partial charge on any atom is -1.00 e. The van der Waals surface area contributed by atoms with E-state index in [2.05, 4.69) is 30.0 Å². The summed E-state index contributed by atoms with van der Waals surface area (Å²) < 4.78 is 3.65. The fraction of sp³-hybridized carbons (Fsp3) is 0.286. The zero-order chi connectivity index (χ0) is 7.14. The van der Waals surface area contributed by atoms with Gasteiger partial charge in [0.25, 0.3) is 4.83 Å². The first kappa shape index (κ1) is 9.41. The average Bonchev–Trinajstić information content (AvgIpc) is 2.41. The van der Waals surface area contributed by atoms with Crippen molar-refractivity contribution < 1.29 is 28.5 Å². The molecule has 4 heteroatoms. The predicted octanol–water partition coefficient (Wildman–Crippen LogP) is -0.900. The molecule has 0 N–H and O–H groups in total. The molecule has 0 aromatic carbocycles. The highest BCUT2D eigenvalue weighted by molar-refractivity contribution is 7.25. The third-order valence-electron chi connectivity index (χ3n) is 1.64.